The molecular formula is C12H18N2O2S. The zero-order valence-corrected chi connectivity index (χ0v) is 10.8. The maximum atomic E-state index is 11.3. The molecule has 0 amide bonds. The summed E-state index contributed by atoms with van der Waals surface area (Å²) in [5.41, 5.74) is 1.00. The van der Waals surface area contributed by atoms with Crippen LogP contribution < -0.4 is 5.32 Å². The lowest BCUT2D eigenvalue weighted by Crippen LogP contribution is -2.38. The SMILES string of the molecule is C[C@H](NC1CCS(=O)(=O)CC1)c1ccccn1. The van der Waals surface area contributed by atoms with Gasteiger partial charge in [-0.3, -0.25) is 4.98 Å². The van der Waals surface area contributed by atoms with Crippen LogP contribution in [0.1, 0.15) is 31.5 Å². The Bertz CT molecular complexity index is 445. The predicted octanol–water partition coefficient (Wildman–Crippen LogP) is 1.31. The van der Waals surface area contributed by atoms with Crippen molar-refractivity contribution in [1.29, 1.82) is 0 Å². The molecule has 0 unspecified atom stereocenters. The van der Waals surface area contributed by atoms with Crippen molar-refractivity contribution in [2.24, 2.45) is 0 Å². The third kappa shape index (κ3) is 3.51. The van der Waals surface area contributed by atoms with E-state index in [0.29, 0.717) is 24.3 Å². The Hall–Kier alpha value is -0.940. The predicted molar refractivity (Wildman–Crippen MR) is 67.5 cm³/mol. The standard InChI is InChI=1S/C12H18N2O2S/c1-10(12-4-2-3-7-13-12)14-11-5-8-17(15,16)9-6-11/h2-4,7,10-11,14H,5-6,8-9H2,1H3/t10-/m0/s1. The maximum Gasteiger partial charge on any atom is 0.150 e. The average molecular weight is 254 g/mol. The van der Waals surface area contributed by atoms with Crippen molar-refractivity contribution in [3.05, 3.63) is 30.1 Å². The molecule has 0 bridgehead atoms. The topological polar surface area (TPSA) is 59.1 Å². The maximum absolute atomic E-state index is 11.3. The Labute approximate surface area is 102 Å². The number of hydrogen-bond donors (Lipinski definition) is 1. The smallest absolute Gasteiger partial charge is 0.150 e. The van der Waals surface area contributed by atoms with Crippen LogP contribution in [0.4, 0.5) is 0 Å². The van der Waals surface area contributed by atoms with Crippen LogP contribution >= 0.6 is 0 Å². The van der Waals surface area contributed by atoms with Crippen LogP contribution in [0.5, 0.6) is 0 Å². The van der Waals surface area contributed by atoms with E-state index in [0.717, 1.165) is 5.69 Å². The second-order valence-electron chi connectivity index (χ2n) is 4.57. The van der Waals surface area contributed by atoms with Crippen LogP contribution in [0, 0.1) is 0 Å². The molecule has 1 aliphatic heterocycles. The number of aromatic nitrogens is 1. The fraction of sp³-hybridized carbons (Fsp3) is 0.583. The quantitative estimate of drug-likeness (QED) is 0.883. The molecule has 0 spiro atoms. The summed E-state index contributed by atoms with van der Waals surface area (Å²) in [7, 11) is -2.77. The van der Waals surface area contributed by atoms with E-state index in [2.05, 4.69) is 17.2 Å². The molecule has 94 valence electrons. The first-order valence-electron chi connectivity index (χ1n) is 5.94. The summed E-state index contributed by atoms with van der Waals surface area (Å²) >= 11 is 0. The number of hydrogen-bond acceptors (Lipinski definition) is 4. The van der Waals surface area contributed by atoms with Crippen molar-refractivity contribution in [3.63, 3.8) is 0 Å². The van der Waals surface area contributed by atoms with Crippen LogP contribution in [0.15, 0.2) is 24.4 Å². The third-order valence-electron chi connectivity index (χ3n) is 3.17. The van der Waals surface area contributed by atoms with Gasteiger partial charge in [-0.05, 0) is 31.9 Å². The minimum absolute atomic E-state index is 0.169. The van der Waals surface area contributed by atoms with E-state index in [1.807, 2.05) is 18.2 Å². The zero-order chi connectivity index (χ0) is 12.3. The van der Waals surface area contributed by atoms with Crippen LogP contribution in [-0.2, 0) is 9.84 Å². The van der Waals surface area contributed by atoms with Gasteiger partial charge in [-0.15, -0.1) is 0 Å². The van der Waals surface area contributed by atoms with E-state index >= 15 is 0 Å². The van der Waals surface area contributed by atoms with Gasteiger partial charge in [0.25, 0.3) is 0 Å². The van der Waals surface area contributed by atoms with Gasteiger partial charge in [0.1, 0.15) is 9.84 Å². The van der Waals surface area contributed by atoms with Gasteiger partial charge in [0.2, 0.25) is 0 Å². The van der Waals surface area contributed by atoms with Crippen molar-refractivity contribution in [3.8, 4) is 0 Å². The fourth-order valence-electron chi connectivity index (χ4n) is 2.13. The summed E-state index contributed by atoms with van der Waals surface area (Å²) in [6.07, 6.45) is 3.19. The van der Waals surface area contributed by atoms with Gasteiger partial charge in [0, 0.05) is 18.3 Å². The monoisotopic (exact) mass is 254 g/mol. The van der Waals surface area contributed by atoms with Gasteiger partial charge in [-0.25, -0.2) is 8.42 Å². The van der Waals surface area contributed by atoms with Gasteiger partial charge in [0.15, 0.2) is 0 Å². The molecule has 0 aromatic carbocycles. The molecule has 0 radical (unpaired) electrons. The van der Waals surface area contributed by atoms with Crippen molar-refractivity contribution in [2.75, 3.05) is 11.5 Å². The number of rotatable bonds is 3. The van der Waals surface area contributed by atoms with Crippen LogP contribution in [0.2, 0.25) is 0 Å². The molecule has 1 saturated heterocycles. The van der Waals surface area contributed by atoms with E-state index in [1.54, 1.807) is 6.20 Å². The van der Waals surface area contributed by atoms with Gasteiger partial charge < -0.3 is 5.32 Å². The van der Waals surface area contributed by atoms with E-state index in [-0.39, 0.29) is 12.1 Å². The molecule has 5 heteroatoms. The minimum Gasteiger partial charge on any atom is -0.306 e. The molecule has 2 heterocycles. The minimum atomic E-state index is -2.77. The molecular weight excluding hydrogens is 236 g/mol. The number of nitrogens with one attached hydrogen (secondary N) is 1. The largest absolute Gasteiger partial charge is 0.306 e. The Balaban J connectivity index is 1.90. The number of pyridine rings is 1. The lowest BCUT2D eigenvalue weighted by atomic mass is 10.1. The zero-order valence-electron chi connectivity index (χ0n) is 9.96. The first kappa shape index (κ1) is 12.5. The van der Waals surface area contributed by atoms with Crippen LogP contribution in [-0.4, -0.2) is 30.9 Å². The third-order valence-corrected chi connectivity index (χ3v) is 4.89. The summed E-state index contributed by atoms with van der Waals surface area (Å²) in [4.78, 5) is 4.29. The molecule has 1 N–H and O–H groups in total. The van der Waals surface area contributed by atoms with E-state index < -0.39 is 9.84 Å². The molecule has 1 aliphatic rings. The van der Waals surface area contributed by atoms with Gasteiger partial charge in [-0.1, -0.05) is 6.07 Å². The van der Waals surface area contributed by atoms with Crippen LogP contribution in [0.3, 0.4) is 0 Å². The molecule has 1 fully saturated rings. The first-order chi connectivity index (χ1) is 8.07. The Morgan fingerprint density at radius 1 is 1.35 bits per heavy atom. The van der Waals surface area contributed by atoms with Crippen molar-refractivity contribution >= 4 is 9.84 Å². The highest BCUT2D eigenvalue weighted by Gasteiger charge is 2.24. The number of sulfone groups is 1. The molecule has 0 saturated carbocycles. The van der Waals surface area contributed by atoms with Crippen molar-refractivity contribution < 1.29 is 8.42 Å². The molecule has 17 heavy (non-hydrogen) atoms. The lowest BCUT2D eigenvalue weighted by Gasteiger charge is -2.26. The fourth-order valence-corrected chi connectivity index (χ4v) is 3.62. The summed E-state index contributed by atoms with van der Waals surface area (Å²) < 4.78 is 22.6. The highest BCUT2D eigenvalue weighted by atomic mass is 32.2. The lowest BCUT2D eigenvalue weighted by molar-refractivity contribution is 0.416. The molecule has 0 aliphatic carbocycles. The second-order valence-corrected chi connectivity index (χ2v) is 6.87. The van der Waals surface area contributed by atoms with Gasteiger partial charge in [-0.2, -0.15) is 0 Å². The average Bonchev–Trinajstić information content (AvgIpc) is 2.33. The molecule has 1 aromatic rings. The molecule has 2 rings (SSSR count). The Morgan fingerprint density at radius 2 is 2.06 bits per heavy atom. The highest BCUT2D eigenvalue weighted by Crippen LogP contribution is 2.16. The van der Waals surface area contributed by atoms with E-state index in [9.17, 15) is 8.42 Å². The van der Waals surface area contributed by atoms with Gasteiger partial charge in [0.05, 0.1) is 17.2 Å². The Morgan fingerprint density at radius 3 is 2.65 bits per heavy atom. The van der Waals surface area contributed by atoms with E-state index in [1.165, 1.54) is 0 Å². The second kappa shape index (κ2) is 5.14. The van der Waals surface area contributed by atoms with Crippen molar-refractivity contribution in [2.45, 2.75) is 31.8 Å². The summed E-state index contributed by atoms with van der Waals surface area (Å²) in [5, 5.41) is 3.45. The summed E-state index contributed by atoms with van der Waals surface area (Å²) in [6.45, 7) is 2.06. The first-order valence-corrected chi connectivity index (χ1v) is 7.76. The Kier molecular flexibility index (Phi) is 3.79. The highest BCUT2D eigenvalue weighted by molar-refractivity contribution is 7.91. The summed E-state index contributed by atoms with van der Waals surface area (Å²) in [6, 6.07) is 6.30. The molecule has 4 nitrogen and oxygen atoms in total. The number of nitrogens with zero attached hydrogens (tertiary/aromatic N) is 1. The van der Waals surface area contributed by atoms with E-state index in [4.69, 9.17) is 0 Å². The molecule has 1 aromatic heterocycles. The summed E-state index contributed by atoms with van der Waals surface area (Å²) in [5.74, 6) is 0.610. The molecule has 1 atom stereocenters. The van der Waals surface area contributed by atoms with Gasteiger partial charge >= 0.3 is 0 Å². The van der Waals surface area contributed by atoms with Crippen LogP contribution in [0.25, 0.3) is 0 Å². The normalized spacial score (nSPS) is 22.2. The van der Waals surface area contributed by atoms with Crippen molar-refractivity contribution in [1.82, 2.24) is 10.3 Å².